The van der Waals surface area contributed by atoms with Crippen molar-refractivity contribution in [1.29, 1.82) is 0 Å². The van der Waals surface area contributed by atoms with Gasteiger partial charge in [0.05, 0.1) is 13.2 Å². The summed E-state index contributed by atoms with van der Waals surface area (Å²) in [7, 11) is 3.37. The minimum Gasteiger partial charge on any atom is -0.492 e. The maximum atomic E-state index is 5.81. The van der Waals surface area contributed by atoms with Crippen molar-refractivity contribution in [2.75, 3.05) is 39.5 Å². The molecule has 22 heavy (non-hydrogen) atoms. The predicted molar refractivity (Wildman–Crippen MR) is 98.5 cm³/mol. The lowest BCUT2D eigenvalue weighted by atomic mass is 10.2. The molecule has 0 spiro atoms. The number of nitrogens with zero attached hydrogens (tertiary/aromatic N) is 1. The molecule has 2 heterocycles. The Bertz CT molecular complexity index is 620. The Hall–Kier alpha value is -0.500. The lowest BCUT2D eigenvalue weighted by Gasteiger charge is -2.26. The Morgan fingerprint density at radius 3 is 2.50 bits per heavy atom. The summed E-state index contributed by atoms with van der Waals surface area (Å²) < 4.78 is 12.1. The number of morpholine rings is 1. The number of benzene rings is 1. The first kappa shape index (κ1) is 17.8. The topological polar surface area (TPSA) is 21.7 Å². The van der Waals surface area contributed by atoms with Gasteiger partial charge in [-0.05, 0) is 35.9 Å². The SMILES string of the molecule is Cl.S=c1cc(-c2ccc(OCCN3CCOCC3)cc2)ss1. The summed E-state index contributed by atoms with van der Waals surface area (Å²) in [6.45, 7) is 5.35. The number of hydrogen-bond donors (Lipinski definition) is 0. The van der Waals surface area contributed by atoms with Crippen molar-refractivity contribution < 1.29 is 9.47 Å². The third-order valence-corrected chi connectivity index (χ3v) is 6.29. The third kappa shape index (κ3) is 5.01. The molecule has 7 heteroatoms. The summed E-state index contributed by atoms with van der Waals surface area (Å²) in [5.74, 6) is 0.922. The normalized spacial score (nSPS) is 15.3. The number of halogens is 1. The van der Waals surface area contributed by atoms with Crippen molar-refractivity contribution in [3.05, 3.63) is 34.2 Å². The summed E-state index contributed by atoms with van der Waals surface area (Å²) in [5, 5.41) is 0. The number of ether oxygens (including phenoxy) is 2. The van der Waals surface area contributed by atoms with E-state index in [4.69, 9.17) is 21.7 Å². The zero-order valence-corrected chi connectivity index (χ0v) is 15.3. The van der Waals surface area contributed by atoms with Crippen LogP contribution >= 0.6 is 45.3 Å². The molecule has 0 radical (unpaired) electrons. The molecule has 0 N–H and O–H groups in total. The second-order valence-corrected chi connectivity index (χ2v) is 7.73. The Labute approximate surface area is 149 Å². The van der Waals surface area contributed by atoms with Crippen molar-refractivity contribution in [3.63, 3.8) is 0 Å². The van der Waals surface area contributed by atoms with E-state index in [1.54, 1.807) is 20.7 Å². The van der Waals surface area contributed by atoms with Crippen molar-refractivity contribution >= 4 is 45.3 Å². The van der Waals surface area contributed by atoms with E-state index in [9.17, 15) is 0 Å². The van der Waals surface area contributed by atoms with Gasteiger partial charge in [-0.15, -0.1) is 12.4 Å². The minimum atomic E-state index is 0. The molecule has 0 saturated carbocycles. The minimum absolute atomic E-state index is 0. The summed E-state index contributed by atoms with van der Waals surface area (Å²) in [5.41, 5.74) is 1.20. The smallest absolute Gasteiger partial charge is 0.119 e. The van der Waals surface area contributed by atoms with Gasteiger partial charge in [0.25, 0.3) is 0 Å². The third-order valence-electron chi connectivity index (χ3n) is 3.38. The molecule has 1 fully saturated rings. The van der Waals surface area contributed by atoms with Gasteiger partial charge in [0.15, 0.2) is 0 Å². The molecular weight excluding hydrogens is 358 g/mol. The molecule has 1 aromatic heterocycles. The summed E-state index contributed by atoms with van der Waals surface area (Å²) in [6.07, 6.45) is 0. The molecule has 0 atom stereocenters. The molecule has 1 aliphatic heterocycles. The lowest BCUT2D eigenvalue weighted by Crippen LogP contribution is -2.38. The van der Waals surface area contributed by atoms with Crippen LogP contribution in [0.3, 0.4) is 0 Å². The highest BCUT2D eigenvalue weighted by Crippen LogP contribution is 2.30. The largest absolute Gasteiger partial charge is 0.492 e. The first-order valence-electron chi connectivity index (χ1n) is 6.95. The Morgan fingerprint density at radius 1 is 1.14 bits per heavy atom. The quantitative estimate of drug-likeness (QED) is 0.572. The van der Waals surface area contributed by atoms with E-state index < -0.39 is 0 Å². The zero-order valence-electron chi connectivity index (χ0n) is 12.0. The average molecular weight is 376 g/mol. The maximum absolute atomic E-state index is 5.81. The standard InChI is InChI=1S/C15H17NO2S3.ClH/c19-15-11-14(20-21-15)12-1-3-13(4-2-12)18-10-7-16-5-8-17-9-6-16;/h1-4,11H,5-10H2;1H. The lowest BCUT2D eigenvalue weighted by molar-refractivity contribution is 0.0322. The van der Waals surface area contributed by atoms with Crippen LogP contribution in [0.4, 0.5) is 0 Å². The van der Waals surface area contributed by atoms with Crippen molar-refractivity contribution in [2.45, 2.75) is 0 Å². The van der Waals surface area contributed by atoms with Gasteiger partial charge in [-0.25, -0.2) is 0 Å². The van der Waals surface area contributed by atoms with E-state index in [2.05, 4.69) is 23.1 Å². The molecule has 1 saturated heterocycles. The van der Waals surface area contributed by atoms with Crippen LogP contribution < -0.4 is 4.74 Å². The van der Waals surface area contributed by atoms with Gasteiger partial charge in [-0.3, -0.25) is 4.90 Å². The molecule has 1 aliphatic rings. The van der Waals surface area contributed by atoms with E-state index in [0.29, 0.717) is 0 Å². The second kappa shape index (κ2) is 8.96. The fourth-order valence-electron chi connectivity index (χ4n) is 2.21. The van der Waals surface area contributed by atoms with Crippen LogP contribution in [0.15, 0.2) is 30.3 Å². The van der Waals surface area contributed by atoms with E-state index in [-0.39, 0.29) is 12.4 Å². The fraction of sp³-hybridized carbons (Fsp3) is 0.400. The van der Waals surface area contributed by atoms with E-state index in [0.717, 1.165) is 49.0 Å². The molecular formula is C15H18ClNO2S3. The van der Waals surface area contributed by atoms with Crippen molar-refractivity contribution in [3.8, 4) is 16.2 Å². The average Bonchev–Trinajstić information content (AvgIpc) is 2.96. The maximum Gasteiger partial charge on any atom is 0.119 e. The van der Waals surface area contributed by atoms with Gasteiger partial charge in [0.1, 0.15) is 16.2 Å². The first-order valence-corrected chi connectivity index (χ1v) is 9.50. The molecule has 1 aromatic carbocycles. The molecule has 0 aliphatic carbocycles. The molecule has 0 unspecified atom stereocenters. The second-order valence-electron chi connectivity index (χ2n) is 4.82. The number of rotatable bonds is 5. The summed E-state index contributed by atoms with van der Waals surface area (Å²) >= 11 is 5.17. The van der Waals surface area contributed by atoms with E-state index in [1.807, 2.05) is 12.1 Å². The Kier molecular flexibility index (Phi) is 7.27. The van der Waals surface area contributed by atoms with Crippen LogP contribution in [-0.4, -0.2) is 44.4 Å². The summed E-state index contributed by atoms with van der Waals surface area (Å²) in [6, 6.07) is 10.3. The van der Waals surface area contributed by atoms with Gasteiger partial charge in [-0.1, -0.05) is 32.9 Å². The first-order chi connectivity index (χ1) is 10.3. The molecule has 0 amide bonds. The van der Waals surface area contributed by atoms with Gasteiger partial charge >= 0.3 is 0 Å². The van der Waals surface area contributed by atoms with Crippen LogP contribution in [-0.2, 0) is 4.74 Å². The highest BCUT2D eigenvalue weighted by molar-refractivity contribution is 7.80. The Balaban J connectivity index is 0.00000176. The molecule has 120 valence electrons. The van der Waals surface area contributed by atoms with Crippen LogP contribution in [0.5, 0.6) is 5.75 Å². The van der Waals surface area contributed by atoms with E-state index >= 15 is 0 Å². The van der Waals surface area contributed by atoms with Crippen LogP contribution in [0.25, 0.3) is 10.4 Å². The molecule has 2 aromatic rings. The van der Waals surface area contributed by atoms with Gasteiger partial charge in [0, 0.05) is 24.5 Å². The van der Waals surface area contributed by atoms with Crippen LogP contribution in [0.2, 0.25) is 0 Å². The highest BCUT2D eigenvalue weighted by Gasteiger charge is 2.09. The fourth-order valence-corrected chi connectivity index (χ4v) is 4.61. The van der Waals surface area contributed by atoms with E-state index in [1.165, 1.54) is 10.4 Å². The molecule has 0 bridgehead atoms. The Morgan fingerprint density at radius 2 is 1.86 bits per heavy atom. The van der Waals surface area contributed by atoms with Gasteiger partial charge in [-0.2, -0.15) is 0 Å². The predicted octanol–water partition coefficient (Wildman–Crippen LogP) is 4.34. The van der Waals surface area contributed by atoms with Crippen LogP contribution in [0, 0.1) is 3.82 Å². The zero-order chi connectivity index (χ0) is 14.5. The highest BCUT2D eigenvalue weighted by atomic mass is 35.5. The monoisotopic (exact) mass is 375 g/mol. The van der Waals surface area contributed by atoms with Crippen LogP contribution in [0.1, 0.15) is 0 Å². The molecule has 3 nitrogen and oxygen atoms in total. The molecule has 3 rings (SSSR count). The number of hydrogen-bond acceptors (Lipinski definition) is 6. The van der Waals surface area contributed by atoms with Crippen molar-refractivity contribution in [1.82, 2.24) is 4.90 Å². The van der Waals surface area contributed by atoms with Crippen molar-refractivity contribution in [2.24, 2.45) is 0 Å². The van der Waals surface area contributed by atoms with Gasteiger partial charge in [0.2, 0.25) is 0 Å². The summed E-state index contributed by atoms with van der Waals surface area (Å²) in [4.78, 5) is 3.60. The van der Waals surface area contributed by atoms with Gasteiger partial charge < -0.3 is 9.47 Å².